The van der Waals surface area contributed by atoms with Gasteiger partial charge in [0.2, 0.25) is 11.9 Å². The van der Waals surface area contributed by atoms with Crippen LogP contribution < -0.4 is 20.3 Å². The maximum absolute atomic E-state index is 12.2. The number of nitrogens with zero attached hydrogens (tertiary/aromatic N) is 4. The first kappa shape index (κ1) is 29.0. The number of aromatic nitrogens is 3. The van der Waals surface area contributed by atoms with E-state index in [2.05, 4.69) is 38.0 Å². The molecule has 0 spiro atoms. The van der Waals surface area contributed by atoms with Crippen molar-refractivity contribution in [1.82, 2.24) is 19.9 Å². The van der Waals surface area contributed by atoms with E-state index < -0.39 is 0 Å². The highest BCUT2D eigenvalue weighted by molar-refractivity contribution is 6.02. The number of carbonyl (C=O) groups is 1. The number of benzene rings is 1. The number of ether oxygens (including phenoxy) is 1. The summed E-state index contributed by atoms with van der Waals surface area (Å²) >= 11 is 0. The van der Waals surface area contributed by atoms with E-state index in [4.69, 9.17) is 16.1 Å². The molecule has 0 atom stereocenters. The number of carbonyl (C=O) groups excluding carboxylic acids is 1. The van der Waals surface area contributed by atoms with Crippen molar-refractivity contribution in [3.63, 3.8) is 0 Å². The number of anilines is 4. The lowest BCUT2D eigenvalue weighted by atomic mass is 10.0. The summed E-state index contributed by atoms with van der Waals surface area (Å²) in [5.74, 6) is 3.00. The molecule has 0 aliphatic carbocycles. The minimum Gasteiger partial charge on any atom is -0.494 e. The Labute approximate surface area is 229 Å². The summed E-state index contributed by atoms with van der Waals surface area (Å²) in [6.07, 6.45) is 11.7. The molecule has 39 heavy (non-hydrogen) atoms. The third-order valence-electron chi connectivity index (χ3n) is 6.03. The zero-order valence-electron chi connectivity index (χ0n) is 23.0. The summed E-state index contributed by atoms with van der Waals surface area (Å²) in [4.78, 5) is 28.6. The SMILES string of the molecule is C#C/C=C\c1c(C)[nH]c(CO)c1-c1ccnc(Nc2cc(NC(=O)C=C)c(N(C)CCN(C)C)cc2OC)n1. The van der Waals surface area contributed by atoms with Crippen LogP contribution in [0.5, 0.6) is 5.75 Å². The van der Waals surface area contributed by atoms with Crippen LogP contribution in [0.3, 0.4) is 0 Å². The minimum absolute atomic E-state index is 0.199. The average molecular weight is 530 g/mol. The Morgan fingerprint density at radius 2 is 2.05 bits per heavy atom. The maximum atomic E-state index is 12.2. The van der Waals surface area contributed by atoms with Crippen molar-refractivity contribution in [1.29, 1.82) is 0 Å². The van der Waals surface area contributed by atoms with Gasteiger partial charge in [-0.2, -0.15) is 0 Å². The molecule has 204 valence electrons. The molecule has 3 rings (SSSR count). The lowest BCUT2D eigenvalue weighted by Crippen LogP contribution is -2.29. The number of methoxy groups -OCH3 is 1. The smallest absolute Gasteiger partial charge is 0.247 e. The van der Waals surface area contributed by atoms with Gasteiger partial charge in [-0.05, 0) is 51.4 Å². The highest BCUT2D eigenvalue weighted by atomic mass is 16.5. The van der Waals surface area contributed by atoms with Gasteiger partial charge in [-0.3, -0.25) is 4.79 Å². The Morgan fingerprint density at radius 1 is 1.28 bits per heavy atom. The highest BCUT2D eigenvalue weighted by Crippen LogP contribution is 2.38. The Balaban J connectivity index is 2.05. The molecule has 2 heterocycles. The van der Waals surface area contributed by atoms with Crippen molar-refractivity contribution in [3.8, 4) is 29.4 Å². The monoisotopic (exact) mass is 529 g/mol. The van der Waals surface area contributed by atoms with E-state index in [0.29, 0.717) is 34.5 Å². The van der Waals surface area contributed by atoms with Crippen LogP contribution in [-0.4, -0.2) is 72.2 Å². The number of aliphatic hydroxyl groups is 1. The summed E-state index contributed by atoms with van der Waals surface area (Å²) < 4.78 is 5.68. The molecule has 0 aliphatic heterocycles. The fourth-order valence-electron chi connectivity index (χ4n) is 4.04. The molecule has 0 saturated carbocycles. The molecule has 4 N–H and O–H groups in total. The molecule has 0 unspecified atom stereocenters. The number of H-pyrrole nitrogens is 1. The maximum Gasteiger partial charge on any atom is 0.247 e. The molecule has 1 aromatic carbocycles. The van der Waals surface area contributed by atoms with Crippen molar-refractivity contribution in [2.75, 3.05) is 56.9 Å². The van der Waals surface area contributed by atoms with E-state index in [1.165, 1.54) is 6.08 Å². The Hall–Kier alpha value is -4.59. The predicted molar refractivity (Wildman–Crippen MR) is 157 cm³/mol. The van der Waals surface area contributed by atoms with Gasteiger partial charge in [0.1, 0.15) is 5.75 Å². The fraction of sp³-hybridized carbons (Fsp3) is 0.276. The number of hydrogen-bond donors (Lipinski definition) is 4. The van der Waals surface area contributed by atoms with Crippen LogP contribution >= 0.6 is 0 Å². The standard InChI is InChI=1S/C29H35N7O3/c1-8-10-11-20-19(3)31-24(18-37)28(20)21-12-13-30-29(33-21)34-23-16-22(32-27(38)9-2)25(17-26(23)39-7)36(6)15-14-35(4)5/h1,9-13,16-17,31,37H,2,14-15,18H2,3-7H3,(H,32,38)(H,30,33,34)/b11-10-. The van der Waals surface area contributed by atoms with E-state index >= 15 is 0 Å². The Bertz CT molecular complexity index is 1400. The molecular weight excluding hydrogens is 494 g/mol. The first-order valence-electron chi connectivity index (χ1n) is 12.3. The number of aromatic amines is 1. The topological polar surface area (TPSA) is 119 Å². The summed E-state index contributed by atoms with van der Waals surface area (Å²) in [5.41, 5.74) is 5.54. The molecule has 0 fully saturated rings. The molecule has 3 aromatic rings. The zero-order valence-corrected chi connectivity index (χ0v) is 23.0. The highest BCUT2D eigenvalue weighted by Gasteiger charge is 2.19. The molecule has 0 bridgehead atoms. The van der Waals surface area contributed by atoms with Crippen LogP contribution in [0.4, 0.5) is 23.0 Å². The Kier molecular flexibility index (Phi) is 9.86. The van der Waals surface area contributed by atoms with Crippen molar-refractivity contribution in [2.45, 2.75) is 13.5 Å². The van der Waals surface area contributed by atoms with E-state index in [-0.39, 0.29) is 12.5 Å². The summed E-state index contributed by atoms with van der Waals surface area (Å²) in [7, 11) is 7.53. The molecular formula is C29H35N7O3. The second kappa shape index (κ2) is 13.3. The van der Waals surface area contributed by atoms with Crippen molar-refractivity contribution in [2.24, 2.45) is 0 Å². The molecule has 10 heteroatoms. The van der Waals surface area contributed by atoms with E-state index in [1.807, 2.05) is 39.0 Å². The number of aryl methyl sites for hydroxylation is 1. The van der Waals surface area contributed by atoms with Gasteiger partial charge < -0.3 is 35.3 Å². The number of amides is 1. The number of allylic oxidation sites excluding steroid dienone is 1. The van der Waals surface area contributed by atoms with E-state index in [9.17, 15) is 9.90 Å². The average Bonchev–Trinajstić information content (AvgIpc) is 3.25. The molecule has 2 aromatic heterocycles. The van der Waals surface area contributed by atoms with Gasteiger partial charge >= 0.3 is 0 Å². The molecule has 0 radical (unpaired) electrons. The molecule has 10 nitrogen and oxygen atoms in total. The second-order valence-corrected chi connectivity index (χ2v) is 9.05. The molecule has 1 amide bonds. The van der Waals surface area contributed by atoms with E-state index in [0.717, 1.165) is 35.6 Å². The van der Waals surface area contributed by atoms with Gasteiger partial charge in [-0.25, -0.2) is 9.97 Å². The lowest BCUT2D eigenvalue weighted by Gasteiger charge is -2.26. The summed E-state index contributed by atoms with van der Waals surface area (Å²) in [5, 5.41) is 16.1. The number of hydrogen-bond acceptors (Lipinski definition) is 8. The number of likely N-dealkylation sites (N-methyl/N-ethyl adjacent to an activating group) is 2. The number of rotatable bonds is 12. The Morgan fingerprint density at radius 3 is 2.69 bits per heavy atom. The third-order valence-corrected chi connectivity index (χ3v) is 6.03. The number of nitrogens with one attached hydrogen (secondary N) is 3. The predicted octanol–water partition coefficient (Wildman–Crippen LogP) is 3.79. The van der Waals surface area contributed by atoms with Crippen molar-refractivity contribution < 1.29 is 14.6 Å². The zero-order chi connectivity index (χ0) is 28.5. The third kappa shape index (κ3) is 7.04. The molecule has 0 aliphatic rings. The van der Waals surface area contributed by atoms with Gasteiger partial charge in [-0.1, -0.05) is 12.5 Å². The van der Waals surface area contributed by atoms with Crippen LogP contribution in [0, 0.1) is 19.3 Å². The van der Waals surface area contributed by atoms with Gasteiger partial charge in [0.15, 0.2) is 0 Å². The minimum atomic E-state index is -0.335. The van der Waals surface area contributed by atoms with Crippen LogP contribution in [0.1, 0.15) is 17.0 Å². The largest absolute Gasteiger partial charge is 0.494 e. The van der Waals surface area contributed by atoms with Crippen LogP contribution in [0.25, 0.3) is 17.3 Å². The first-order chi connectivity index (χ1) is 18.7. The van der Waals surface area contributed by atoms with Gasteiger partial charge in [0.05, 0.1) is 42.2 Å². The van der Waals surface area contributed by atoms with Crippen molar-refractivity contribution >= 4 is 35.0 Å². The molecule has 0 saturated heterocycles. The normalized spacial score (nSPS) is 10.9. The number of terminal acetylenes is 1. The summed E-state index contributed by atoms with van der Waals surface area (Å²) in [6, 6.07) is 5.39. The fourth-order valence-corrected chi connectivity index (χ4v) is 4.04. The number of aliphatic hydroxyl groups excluding tert-OH is 1. The summed E-state index contributed by atoms with van der Waals surface area (Å²) in [6.45, 7) is 6.82. The lowest BCUT2D eigenvalue weighted by molar-refractivity contribution is -0.111. The second-order valence-electron chi connectivity index (χ2n) is 9.05. The van der Waals surface area contributed by atoms with Gasteiger partial charge in [-0.15, -0.1) is 6.42 Å². The van der Waals surface area contributed by atoms with Crippen LogP contribution in [-0.2, 0) is 11.4 Å². The van der Waals surface area contributed by atoms with Crippen LogP contribution in [0.2, 0.25) is 0 Å². The van der Waals surface area contributed by atoms with Crippen molar-refractivity contribution in [3.05, 3.63) is 60.1 Å². The first-order valence-corrected chi connectivity index (χ1v) is 12.3. The van der Waals surface area contributed by atoms with Crippen LogP contribution in [0.15, 0.2) is 43.1 Å². The van der Waals surface area contributed by atoms with Gasteiger partial charge in [0, 0.05) is 49.2 Å². The quantitative estimate of drug-likeness (QED) is 0.207. The van der Waals surface area contributed by atoms with Gasteiger partial charge in [0.25, 0.3) is 0 Å². The van der Waals surface area contributed by atoms with E-state index in [1.54, 1.807) is 37.6 Å².